The molecule has 0 unspecified atom stereocenters. The first-order valence-electron chi connectivity index (χ1n) is 3.73. The molecule has 0 spiro atoms. The fraction of sp³-hybridized carbons (Fsp3) is 0. The summed E-state index contributed by atoms with van der Waals surface area (Å²) in [6.07, 6.45) is 3.24. The topological polar surface area (TPSA) is 38.7 Å². The Bertz CT molecular complexity index is 342. The zero-order valence-electron chi connectivity index (χ0n) is 6.68. The Labute approximate surface area is 84.1 Å². The first-order valence-corrected chi connectivity index (χ1v) is 4.52. The van der Waals surface area contributed by atoms with Gasteiger partial charge in [-0.05, 0) is 18.2 Å². The molecule has 1 aromatic carbocycles. The van der Waals surface area contributed by atoms with Gasteiger partial charge in [0.2, 0.25) is 0 Å². The summed E-state index contributed by atoms with van der Waals surface area (Å²) in [6.45, 7) is 0. The van der Waals surface area contributed by atoms with Crippen LogP contribution in [0.3, 0.4) is 0 Å². The highest BCUT2D eigenvalue weighted by Gasteiger charge is 2.10. The van der Waals surface area contributed by atoms with Gasteiger partial charge in [0, 0.05) is 10.7 Å². The summed E-state index contributed by atoms with van der Waals surface area (Å²) < 4.78 is 0.997. The predicted molar refractivity (Wildman–Crippen MR) is 52.5 cm³/mol. The van der Waals surface area contributed by atoms with Gasteiger partial charge in [-0.2, -0.15) is 5.17 Å². The van der Waals surface area contributed by atoms with Gasteiger partial charge in [0.15, 0.2) is 0 Å². The number of halogens is 1. The van der Waals surface area contributed by atoms with Crippen molar-refractivity contribution in [3.8, 4) is 0 Å². The van der Waals surface area contributed by atoms with Gasteiger partial charge in [0.25, 0.3) is 0 Å². The molecule has 1 aliphatic heterocycles. The SMILES string of the molecule is ON1C=CN(c2cccc(Br)c2)N1. The third-order valence-corrected chi connectivity index (χ3v) is 2.15. The quantitative estimate of drug-likeness (QED) is 0.788. The van der Waals surface area contributed by atoms with Crippen molar-refractivity contribution >= 4 is 21.6 Å². The van der Waals surface area contributed by atoms with Gasteiger partial charge < -0.3 is 0 Å². The highest BCUT2D eigenvalue weighted by atomic mass is 79.9. The Morgan fingerprint density at radius 1 is 1.31 bits per heavy atom. The molecule has 0 aliphatic carbocycles. The largest absolute Gasteiger partial charge is 0.272 e. The Hall–Kier alpha value is -1.04. The van der Waals surface area contributed by atoms with Gasteiger partial charge in [-0.25, -0.2) is 0 Å². The highest BCUT2D eigenvalue weighted by Crippen LogP contribution is 2.20. The number of nitrogens with one attached hydrogen (secondary N) is 1. The number of hydrogen-bond acceptors (Lipinski definition) is 4. The van der Waals surface area contributed by atoms with Crippen molar-refractivity contribution in [2.24, 2.45) is 0 Å². The number of hydrogen-bond donors (Lipinski definition) is 2. The first kappa shape index (κ1) is 8.55. The van der Waals surface area contributed by atoms with Crippen LogP contribution in [0, 0.1) is 0 Å². The minimum absolute atomic E-state index is 0.890. The zero-order chi connectivity index (χ0) is 9.26. The molecule has 0 amide bonds. The van der Waals surface area contributed by atoms with Crippen LogP contribution < -0.4 is 10.5 Å². The predicted octanol–water partition coefficient (Wildman–Crippen LogP) is 1.85. The van der Waals surface area contributed by atoms with Crippen molar-refractivity contribution < 1.29 is 5.21 Å². The fourth-order valence-electron chi connectivity index (χ4n) is 1.08. The fourth-order valence-corrected chi connectivity index (χ4v) is 1.46. The summed E-state index contributed by atoms with van der Waals surface area (Å²) in [5.41, 5.74) is 3.63. The second-order valence-electron chi connectivity index (χ2n) is 2.59. The number of nitrogens with zero attached hydrogens (tertiary/aromatic N) is 2. The van der Waals surface area contributed by atoms with Crippen molar-refractivity contribution in [2.75, 3.05) is 5.01 Å². The van der Waals surface area contributed by atoms with Crippen LogP contribution in [0.1, 0.15) is 0 Å². The molecule has 0 atom stereocenters. The van der Waals surface area contributed by atoms with Crippen molar-refractivity contribution in [1.29, 1.82) is 0 Å². The van der Waals surface area contributed by atoms with Crippen LogP contribution in [0.4, 0.5) is 5.69 Å². The van der Waals surface area contributed by atoms with E-state index in [1.54, 1.807) is 11.2 Å². The summed E-state index contributed by atoms with van der Waals surface area (Å²) in [5, 5.41) is 11.6. The summed E-state index contributed by atoms with van der Waals surface area (Å²) in [5.74, 6) is 0. The van der Waals surface area contributed by atoms with Crippen molar-refractivity contribution in [3.05, 3.63) is 41.1 Å². The Morgan fingerprint density at radius 3 is 2.77 bits per heavy atom. The van der Waals surface area contributed by atoms with Crippen LogP contribution in [0.5, 0.6) is 0 Å². The smallest absolute Gasteiger partial charge is 0.0657 e. The number of benzene rings is 1. The molecule has 0 aromatic heterocycles. The van der Waals surface area contributed by atoms with E-state index < -0.39 is 0 Å². The van der Waals surface area contributed by atoms with E-state index >= 15 is 0 Å². The lowest BCUT2D eigenvalue weighted by molar-refractivity contribution is -0.0791. The molecule has 13 heavy (non-hydrogen) atoms. The van der Waals surface area contributed by atoms with Crippen LogP contribution >= 0.6 is 15.9 Å². The maximum absolute atomic E-state index is 9.01. The third kappa shape index (κ3) is 1.82. The second-order valence-corrected chi connectivity index (χ2v) is 3.51. The molecule has 68 valence electrons. The molecule has 2 N–H and O–H groups in total. The molecule has 1 heterocycles. The number of hydrazine groups is 2. The van der Waals surface area contributed by atoms with Gasteiger partial charge in [-0.3, -0.25) is 10.2 Å². The Morgan fingerprint density at radius 2 is 2.15 bits per heavy atom. The summed E-state index contributed by atoms with van der Waals surface area (Å²) >= 11 is 3.37. The summed E-state index contributed by atoms with van der Waals surface area (Å²) in [6, 6.07) is 7.74. The van der Waals surface area contributed by atoms with E-state index in [0.717, 1.165) is 15.3 Å². The second kappa shape index (κ2) is 3.37. The van der Waals surface area contributed by atoms with Crippen LogP contribution in [-0.2, 0) is 0 Å². The highest BCUT2D eigenvalue weighted by molar-refractivity contribution is 9.10. The number of anilines is 1. The van der Waals surface area contributed by atoms with E-state index in [0.29, 0.717) is 0 Å². The lowest BCUT2D eigenvalue weighted by Crippen LogP contribution is -2.37. The molecule has 1 aromatic rings. The minimum atomic E-state index is 0.890. The first-order chi connectivity index (χ1) is 6.25. The lowest BCUT2D eigenvalue weighted by Gasteiger charge is -2.17. The van der Waals surface area contributed by atoms with E-state index in [-0.39, 0.29) is 0 Å². The monoisotopic (exact) mass is 241 g/mol. The maximum Gasteiger partial charge on any atom is 0.0657 e. The van der Waals surface area contributed by atoms with Gasteiger partial charge >= 0.3 is 0 Å². The van der Waals surface area contributed by atoms with Crippen LogP contribution in [-0.4, -0.2) is 10.4 Å². The average molecular weight is 242 g/mol. The zero-order valence-corrected chi connectivity index (χ0v) is 8.27. The molecule has 0 fully saturated rings. The minimum Gasteiger partial charge on any atom is -0.272 e. The summed E-state index contributed by atoms with van der Waals surface area (Å²) in [7, 11) is 0. The maximum atomic E-state index is 9.01. The molecule has 2 rings (SSSR count). The molecule has 0 saturated carbocycles. The Kier molecular flexibility index (Phi) is 2.22. The molecule has 0 saturated heterocycles. The molecule has 0 radical (unpaired) electrons. The van der Waals surface area contributed by atoms with Gasteiger partial charge in [-0.15, -0.1) is 5.53 Å². The van der Waals surface area contributed by atoms with Crippen molar-refractivity contribution in [2.45, 2.75) is 0 Å². The third-order valence-electron chi connectivity index (χ3n) is 1.65. The molecule has 5 heteroatoms. The van der Waals surface area contributed by atoms with Gasteiger partial charge in [-0.1, -0.05) is 22.0 Å². The van der Waals surface area contributed by atoms with E-state index in [1.165, 1.54) is 6.20 Å². The van der Waals surface area contributed by atoms with Gasteiger partial charge in [0.05, 0.1) is 11.9 Å². The van der Waals surface area contributed by atoms with Gasteiger partial charge in [0.1, 0.15) is 0 Å². The number of rotatable bonds is 1. The average Bonchev–Trinajstić information content (AvgIpc) is 2.52. The molecule has 4 nitrogen and oxygen atoms in total. The van der Waals surface area contributed by atoms with Crippen molar-refractivity contribution in [3.63, 3.8) is 0 Å². The normalized spacial score (nSPS) is 15.5. The van der Waals surface area contributed by atoms with E-state index in [1.807, 2.05) is 24.3 Å². The van der Waals surface area contributed by atoms with E-state index in [4.69, 9.17) is 5.21 Å². The van der Waals surface area contributed by atoms with Crippen LogP contribution in [0.25, 0.3) is 0 Å². The van der Waals surface area contributed by atoms with Crippen LogP contribution in [0.2, 0.25) is 0 Å². The molecular weight excluding hydrogens is 234 g/mol. The van der Waals surface area contributed by atoms with E-state index in [9.17, 15) is 0 Å². The summed E-state index contributed by atoms with van der Waals surface area (Å²) in [4.78, 5) is 0. The number of hydroxylamine groups is 1. The van der Waals surface area contributed by atoms with E-state index in [2.05, 4.69) is 21.5 Å². The van der Waals surface area contributed by atoms with Crippen molar-refractivity contribution in [1.82, 2.24) is 10.7 Å². The standard InChI is InChI=1S/C8H8BrN3O/c9-7-2-1-3-8(6-7)11-4-5-12(13)10-11/h1-6,10,13H. The molecule has 0 bridgehead atoms. The Balaban J connectivity index is 2.22. The lowest BCUT2D eigenvalue weighted by atomic mass is 10.3. The van der Waals surface area contributed by atoms with Crippen LogP contribution in [0.15, 0.2) is 41.1 Å². The molecular formula is C8H8BrN3O. The molecule has 1 aliphatic rings.